The molecule has 1 saturated heterocycles. The Bertz CT molecular complexity index is 778. The van der Waals surface area contributed by atoms with Crippen LogP contribution in [-0.2, 0) is 9.59 Å². The second-order valence-electron chi connectivity index (χ2n) is 5.35. The number of amides is 2. The van der Waals surface area contributed by atoms with Gasteiger partial charge in [0.1, 0.15) is 11.8 Å². The summed E-state index contributed by atoms with van der Waals surface area (Å²) < 4.78 is 5.55. The Hall–Kier alpha value is -2.53. The number of carbonyl (C=O) groups excluding carboxylic acids is 2. The van der Waals surface area contributed by atoms with E-state index < -0.39 is 6.04 Å². The van der Waals surface area contributed by atoms with Crippen LogP contribution in [0.25, 0.3) is 0 Å². The molecule has 2 aromatic rings. The molecule has 1 heterocycles. The van der Waals surface area contributed by atoms with E-state index in [1.165, 1.54) is 0 Å². The van der Waals surface area contributed by atoms with Crippen LogP contribution in [0.15, 0.2) is 48.5 Å². The first-order valence-electron chi connectivity index (χ1n) is 7.71. The molecule has 1 N–H and O–H groups in total. The minimum absolute atomic E-state index is 0.0739. The number of nitrogens with one attached hydrogen (secondary N) is 1. The van der Waals surface area contributed by atoms with Crippen LogP contribution >= 0.6 is 11.6 Å². The molecule has 0 radical (unpaired) electrons. The van der Waals surface area contributed by atoms with E-state index in [0.29, 0.717) is 28.8 Å². The van der Waals surface area contributed by atoms with Crippen molar-refractivity contribution in [2.75, 3.05) is 16.8 Å². The van der Waals surface area contributed by atoms with Crippen LogP contribution in [0.1, 0.15) is 13.3 Å². The van der Waals surface area contributed by atoms with Gasteiger partial charge in [-0.25, -0.2) is 4.90 Å². The van der Waals surface area contributed by atoms with Crippen LogP contribution in [0.5, 0.6) is 5.75 Å². The van der Waals surface area contributed by atoms with Crippen molar-refractivity contribution in [3.05, 3.63) is 53.6 Å². The molecule has 1 aliphatic heterocycles. The molecule has 2 aromatic carbocycles. The lowest BCUT2D eigenvalue weighted by Gasteiger charge is -2.18. The van der Waals surface area contributed by atoms with E-state index in [1.807, 2.05) is 31.2 Å². The van der Waals surface area contributed by atoms with Gasteiger partial charge in [0.15, 0.2) is 0 Å². The van der Waals surface area contributed by atoms with Crippen LogP contribution in [0, 0.1) is 0 Å². The zero-order chi connectivity index (χ0) is 17.1. The van der Waals surface area contributed by atoms with Crippen molar-refractivity contribution in [2.45, 2.75) is 19.4 Å². The smallest absolute Gasteiger partial charge is 0.256 e. The van der Waals surface area contributed by atoms with Gasteiger partial charge >= 0.3 is 0 Å². The number of hydrogen-bond acceptors (Lipinski definition) is 4. The van der Waals surface area contributed by atoms with E-state index in [4.69, 9.17) is 16.3 Å². The fourth-order valence-electron chi connectivity index (χ4n) is 2.69. The lowest BCUT2D eigenvalue weighted by molar-refractivity contribution is -0.121. The molecule has 0 unspecified atom stereocenters. The largest absolute Gasteiger partial charge is 0.492 e. The maximum atomic E-state index is 12.7. The molecule has 0 spiro atoms. The molecule has 5 nitrogen and oxygen atoms in total. The maximum Gasteiger partial charge on any atom is 0.256 e. The monoisotopic (exact) mass is 344 g/mol. The standard InChI is InChI=1S/C18H17ClN2O3/c1-2-24-16-10-6-4-8-13(16)20-14-11-17(22)21(18(14)23)15-9-5-3-7-12(15)19/h3-10,14,20H,2,11H2,1H3/t14-/m1/s1. The van der Waals surface area contributed by atoms with Gasteiger partial charge in [-0.2, -0.15) is 0 Å². The number of imide groups is 1. The maximum absolute atomic E-state index is 12.7. The number of nitrogens with zero attached hydrogens (tertiary/aromatic N) is 1. The summed E-state index contributed by atoms with van der Waals surface area (Å²) in [7, 11) is 0. The Morgan fingerprint density at radius 1 is 1.17 bits per heavy atom. The molecule has 1 atom stereocenters. The third kappa shape index (κ3) is 3.08. The number of benzene rings is 2. The molecule has 1 fully saturated rings. The van der Waals surface area contributed by atoms with Crippen LogP contribution in [0.3, 0.4) is 0 Å². The first kappa shape index (κ1) is 16.3. The van der Waals surface area contributed by atoms with E-state index >= 15 is 0 Å². The van der Waals surface area contributed by atoms with Crippen molar-refractivity contribution < 1.29 is 14.3 Å². The van der Waals surface area contributed by atoms with Crippen LogP contribution in [0.4, 0.5) is 11.4 Å². The molecule has 124 valence electrons. The summed E-state index contributed by atoms with van der Waals surface area (Å²) in [5, 5.41) is 3.48. The Kier molecular flexibility index (Phi) is 4.71. The highest BCUT2D eigenvalue weighted by Crippen LogP contribution is 2.32. The molecular weight excluding hydrogens is 328 g/mol. The van der Waals surface area contributed by atoms with Gasteiger partial charge in [-0.15, -0.1) is 0 Å². The van der Waals surface area contributed by atoms with E-state index in [0.717, 1.165) is 4.90 Å². The Morgan fingerprint density at radius 2 is 1.88 bits per heavy atom. The van der Waals surface area contributed by atoms with Gasteiger partial charge in [0.05, 0.1) is 29.4 Å². The number of halogens is 1. The number of anilines is 2. The summed E-state index contributed by atoms with van der Waals surface area (Å²) in [6, 6.07) is 13.5. The van der Waals surface area contributed by atoms with E-state index in [-0.39, 0.29) is 18.2 Å². The average molecular weight is 345 g/mol. The van der Waals surface area contributed by atoms with Gasteiger partial charge in [-0.3, -0.25) is 9.59 Å². The predicted molar refractivity (Wildman–Crippen MR) is 93.6 cm³/mol. The lowest BCUT2D eigenvalue weighted by Crippen LogP contribution is -2.35. The number of rotatable bonds is 5. The van der Waals surface area contributed by atoms with Crippen molar-refractivity contribution in [3.63, 3.8) is 0 Å². The highest BCUT2D eigenvalue weighted by Gasteiger charge is 2.40. The number of ether oxygens (including phenoxy) is 1. The lowest BCUT2D eigenvalue weighted by atomic mass is 10.2. The van der Waals surface area contributed by atoms with Crippen molar-refractivity contribution in [1.82, 2.24) is 0 Å². The van der Waals surface area contributed by atoms with Gasteiger partial charge in [0.25, 0.3) is 5.91 Å². The highest BCUT2D eigenvalue weighted by molar-refractivity contribution is 6.36. The van der Waals surface area contributed by atoms with Crippen molar-refractivity contribution in [1.29, 1.82) is 0 Å². The number of para-hydroxylation sites is 3. The highest BCUT2D eigenvalue weighted by atomic mass is 35.5. The van der Waals surface area contributed by atoms with Crippen molar-refractivity contribution >= 4 is 34.8 Å². The Labute approximate surface area is 145 Å². The SMILES string of the molecule is CCOc1ccccc1N[C@@H]1CC(=O)N(c2ccccc2Cl)C1=O. The predicted octanol–water partition coefficient (Wildman–Crippen LogP) is 3.48. The quantitative estimate of drug-likeness (QED) is 0.844. The summed E-state index contributed by atoms with van der Waals surface area (Å²) in [6.45, 7) is 2.40. The molecule has 24 heavy (non-hydrogen) atoms. The summed E-state index contributed by atoms with van der Waals surface area (Å²) in [4.78, 5) is 26.2. The minimum Gasteiger partial charge on any atom is -0.492 e. The molecule has 0 saturated carbocycles. The minimum atomic E-state index is -0.643. The first-order chi connectivity index (χ1) is 11.6. The van der Waals surface area contributed by atoms with Crippen molar-refractivity contribution in [3.8, 4) is 5.75 Å². The normalized spacial score (nSPS) is 17.2. The second-order valence-corrected chi connectivity index (χ2v) is 5.76. The summed E-state index contributed by atoms with van der Waals surface area (Å²) >= 11 is 6.12. The van der Waals surface area contributed by atoms with Crippen molar-refractivity contribution in [2.24, 2.45) is 0 Å². The zero-order valence-corrected chi connectivity index (χ0v) is 13.9. The fraction of sp³-hybridized carbons (Fsp3) is 0.222. The third-order valence-electron chi connectivity index (χ3n) is 3.76. The molecular formula is C18H17ClN2O3. The van der Waals surface area contributed by atoms with Crippen LogP contribution in [-0.4, -0.2) is 24.5 Å². The number of carbonyl (C=O) groups is 2. The average Bonchev–Trinajstić information content (AvgIpc) is 2.84. The molecule has 2 amide bonds. The van der Waals surface area contributed by atoms with Gasteiger partial charge < -0.3 is 10.1 Å². The Balaban J connectivity index is 1.84. The molecule has 3 rings (SSSR count). The molecule has 0 aromatic heterocycles. The van der Waals surface area contributed by atoms with Crippen LogP contribution < -0.4 is 15.0 Å². The van der Waals surface area contributed by atoms with Crippen LogP contribution in [0.2, 0.25) is 5.02 Å². The first-order valence-corrected chi connectivity index (χ1v) is 8.09. The van der Waals surface area contributed by atoms with Gasteiger partial charge in [-0.1, -0.05) is 35.9 Å². The van der Waals surface area contributed by atoms with E-state index in [1.54, 1.807) is 24.3 Å². The molecule has 6 heteroatoms. The van der Waals surface area contributed by atoms with Gasteiger partial charge in [-0.05, 0) is 31.2 Å². The molecule has 0 aliphatic carbocycles. The summed E-state index contributed by atoms with van der Waals surface area (Å²) in [5.74, 6) is 0.0512. The van der Waals surface area contributed by atoms with E-state index in [2.05, 4.69) is 5.32 Å². The molecule has 1 aliphatic rings. The fourth-order valence-corrected chi connectivity index (χ4v) is 2.91. The topological polar surface area (TPSA) is 58.6 Å². The molecule has 0 bridgehead atoms. The van der Waals surface area contributed by atoms with E-state index in [9.17, 15) is 9.59 Å². The number of hydrogen-bond donors (Lipinski definition) is 1. The van der Waals surface area contributed by atoms with Gasteiger partial charge in [0, 0.05) is 0 Å². The Morgan fingerprint density at radius 3 is 2.62 bits per heavy atom. The zero-order valence-electron chi connectivity index (χ0n) is 13.2. The third-order valence-corrected chi connectivity index (χ3v) is 4.08. The van der Waals surface area contributed by atoms with Gasteiger partial charge in [0.2, 0.25) is 5.91 Å². The summed E-state index contributed by atoms with van der Waals surface area (Å²) in [6.07, 6.45) is 0.0739. The summed E-state index contributed by atoms with van der Waals surface area (Å²) in [5.41, 5.74) is 1.10. The second kappa shape index (κ2) is 6.93.